The van der Waals surface area contributed by atoms with Crippen LogP contribution in [0, 0.1) is 3.57 Å². The SMILES string of the molecule is CCCCc1ccc(C(=O)N[C@@H](Cc2ccc(I)cc2)C(=O)NO)cc1. The van der Waals surface area contributed by atoms with E-state index in [4.69, 9.17) is 5.21 Å². The second-order valence-electron chi connectivity index (χ2n) is 6.13. The summed E-state index contributed by atoms with van der Waals surface area (Å²) in [7, 11) is 0. The largest absolute Gasteiger partial charge is 0.340 e. The normalized spacial score (nSPS) is 11.7. The summed E-state index contributed by atoms with van der Waals surface area (Å²) in [6.45, 7) is 2.14. The fourth-order valence-electron chi connectivity index (χ4n) is 2.59. The summed E-state index contributed by atoms with van der Waals surface area (Å²) in [4.78, 5) is 24.4. The van der Waals surface area contributed by atoms with Crippen LogP contribution in [0.25, 0.3) is 0 Å². The molecule has 0 aliphatic heterocycles. The molecular formula is C20H23IN2O3. The van der Waals surface area contributed by atoms with Crippen molar-refractivity contribution in [3.05, 3.63) is 68.8 Å². The lowest BCUT2D eigenvalue weighted by atomic mass is 10.0. The van der Waals surface area contributed by atoms with Gasteiger partial charge >= 0.3 is 0 Å². The maximum absolute atomic E-state index is 12.5. The number of aryl methyl sites for hydroxylation is 1. The Hall–Kier alpha value is -1.93. The van der Waals surface area contributed by atoms with Gasteiger partial charge in [0.25, 0.3) is 11.8 Å². The van der Waals surface area contributed by atoms with E-state index in [1.54, 1.807) is 17.6 Å². The lowest BCUT2D eigenvalue weighted by Crippen LogP contribution is -2.47. The van der Waals surface area contributed by atoms with Crippen molar-refractivity contribution in [3.63, 3.8) is 0 Å². The summed E-state index contributed by atoms with van der Waals surface area (Å²) in [5.74, 6) is -0.984. The molecule has 0 aromatic heterocycles. The zero-order chi connectivity index (χ0) is 18.9. The van der Waals surface area contributed by atoms with Crippen LogP contribution in [0.4, 0.5) is 0 Å². The van der Waals surface area contributed by atoms with Gasteiger partial charge in [0.1, 0.15) is 6.04 Å². The third kappa shape index (κ3) is 6.10. The van der Waals surface area contributed by atoms with Gasteiger partial charge in [0.2, 0.25) is 0 Å². The highest BCUT2D eigenvalue weighted by Gasteiger charge is 2.21. The molecule has 26 heavy (non-hydrogen) atoms. The molecular weight excluding hydrogens is 443 g/mol. The molecule has 0 fully saturated rings. The molecule has 0 aliphatic rings. The summed E-state index contributed by atoms with van der Waals surface area (Å²) in [5, 5.41) is 11.7. The lowest BCUT2D eigenvalue weighted by molar-refractivity contribution is -0.131. The molecule has 0 spiro atoms. The van der Waals surface area contributed by atoms with Gasteiger partial charge in [-0.15, -0.1) is 0 Å². The molecule has 0 aliphatic carbocycles. The number of nitrogens with one attached hydrogen (secondary N) is 2. The second-order valence-corrected chi connectivity index (χ2v) is 7.38. The predicted molar refractivity (Wildman–Crippen MR) is 109 cm³/mol. The van der Waals surface area contributed by atoms with Crippen molar-refractivity contribution < 1.29 is 14.8 Å². The average molecular weight is 466 g/mol. The third-order valence-electron chi connectivity index (χ3n) is 4.12. The summed E-state index contributed by atoms with van der Waals surface area (Å²) >= 11 is 2.20. The van der Waals surface area contributed by atoms with Crippen LogP contribution in [0.5, 0.6) is 0 Å². The Morgan fingerprint density at radius 2 is 1.65 bits per heavy atom. The molecule has 2 aromatic carbocycles. The van der Waals surface area contributed by atoms with Crippen LogP contribution in [0.15, 0.2) is 48.5 Å². The fourth-order valence-corrected chi connectivity index (χ4v) is 2.95. The van der Waals surface area contributed by atoms with E-state index in [9.17, 15) is 9.59 Å². The zero-order valence-corrected chi connectivity index (χ0v) is 16.8. The second kappa shape index (κ2) is 10.3. The Kier molecular flexibility index (Phi) is 8.06. The number of amides is 2. The summed E-state index contributed by atoms with van der Waals surface area (Å²) < 4.78 is 1.08. The van der Waals surface area contributed by atoms with E-state index in [0.717, 1.165) is 28.4 Å². The molecule has 2 aromatic rings. The van der Waals surface area contributed by atoms with E-state index in [1.807, 2.05) is 36.4 Å². The molecule has 0 saturated heterocycles. The van der Waals surface area contributed by atoms with Gasteiger partial charge in [0, 0.05) is 15.6 Å². The van der Waals surface area contributed by atoms with Gasteiger partial charge in [-0.25, -0.2) is 5.48 Å². The van der Waals surface area contributed by atoms with E-state index in [0.29, 0.717) is 12.0 Å². The molecule has 0 heterocycles. The standard InChI is InChI=1S/C20H23IN2O3/c1-2-3-4-14-5-9-16(10-6-14)19(24)22-18(20(25)23-26)13-15-7-11-17(21)12-8-15/h5-12,18,26H,2-4,13H2,1H3,(H,22,24)(H,23,25)/t18-/m0/s1. The van der Waals surface area contributed by atoms with Gasteiger partial charge in [0.05, 0.1) is 0 Å². The molecule has 0 radical (unpaired) electrons. The van der Waals surface area contributed by atoms with E-state index >= 15 is 0 Å². The van der Waals surface area contributed by atoms with Crippen molar-refractivity contribution in [1.29, 1.82) is 0 Å². The molecule has 2 amide bonds. The molecule has 2 rings (SSSR count). The first-order valence-electron chi connectivity index (χ1n) is 8.61. The number of hydrogen-bond donors (Lipinski definition) is 3. The number of hydrogen-bond acceptors (Lipinski definition) is 3. The smallest absolute Gasteiger partial charge is 0.266 e. The highest BCUT2D eigenvalue weighted by molar-refractivity contribution is 14.1. The summed E-state index contributed by atoms with van der Waals surface area (Å²) in [6.07, 6.45) is 3.52. The first-order valence-corrected chi connectivity index (χ1v) is 9.69. The number of benzene rings is 2. The minimum Gasteiger partial charge on any atom is -0.340 e. The third-order valence-corrected chi connectivity index (χ3v) is 4.84. The Balaban J connectivity index is 2.05. The number of unbranched alkanes of at least 4 members (excludes halogenated alkanes) is 1. The van der Waals surface area contributed by atoms with E-state index in [-0.39, 0.29) is 5.91 Å². The van der Waals surface area contributed by atoms with E-state index in [1.165, 1.54) is 5.56 Å². The van der Waals surface area contributed by atoms with E-state index < -0.39 is 11.9 Å². The van der Waals surface area contributed by atoms with E-state index in [2.05, 4.69) is 34.8 Å². The van der Waals surface area contributed by atoms with Crippen molar-refractivity contribution in [2.75, 3.05) is 0 Å². The van der Waals surface area contributed by atoms with Gasteiger partial charge in [0.15, 0.2) is 0 Å². The molecule has 138 valence electrons. The monoisotopic (exact) mass is 466 g/mol. The van der Waals surface area contributed by atoms with Crippen LogP contribution >= 0.6 is 22.6 Å². The number of rotatable bonds is 8. The fraction of sp³-hybridized carbons (Fsp3) is 0.300. The Morgan fingerprint density at radius 3 is 2.23 bits per heavy atom. The van der Waals surface area contributed by atoms with Crippen LogP contribution in [0.2, 0.25) is 0 Å². The van der Waals surface area contributed by atoms with Crippen molar-refractivity contribution in [3.8, 4) is 0 Å². The zero-order valence-electron chi connectivity index (χ0n) is 14.7. The van der Waals surface area contributed by atoms with Crippen LogP contribution in [0.1, 0.15) is 41.3 Å². The van der Waals surface area contributed by atoms with Gasteiger partial charge in [-0.05, 0) is 70.8 Å². The highest BCUT2D eigenvalue weighted by Crippen LogP contribution is 2.11. The average Bonchev–Trinajstić information content (AvgIpc) is 2.67. The lowest BCUT2D eigenvalue weighted by Gasteiger charge is -2.17. The van der Waals surface area contributed by atoms with Crippen molar-refractivity contribution in [2.24, 2.45) is 0 Å². The van der Waals surface area contributed by atoms with Crippen LogP contribution in [-0.2, 0) is 17.6 Å². The van der Waals surface area contributed by atoms with Gasteiger partial charge < -0.3 is 5.32 Å². The molecule has 3 N–H and O–H groups in total. The topological polar surface area (TPSA) is 78.4 Å². The van der Waals surface area contributed by atoms with Crippen LogP contribution in [0.3, 0.4) is 0 Å². The number of carbonyl (C=O) groups is 2. The quantitative estimate of drug-likeness (QED) is 0.317. The number of hydroxylamine groups is 1. The van der Waals surface area contributed by atoms with Crippen LogP contribution < -0.4 is 10.8 Å². The first-order chi connectivity index (χ1) is 12.5. The minimum atomic E-state index is -0.854. The van der Waals surface area contributed by atoms with Gasteiger partial charge in [-0.2, -0.15) is 0 Å². The Bertz CT molecular complexity index is 730. The van der Waals surface area contributed by atoms with Crippen molar-refractivity contribution >= 4 is 34.4 Å². The predicted octanol–water partition coefficient (Wildman–Crippen LogP) is 3.48. The minimum absolute atomic E-state index is 0.295. The van der Waals surface area contributed by atoms with Gasteiger partial charge in [-0.3, -0.25) is 14.8 Å². The first kappa shape index (κ1) is 20.4. The molecule has 1 atom stereocenters. The Morgan fingerprint density at radius 1 is 1.04 bits per heavy atom. The molecule has 6 heteroatoms. The van der Waals surface area contributed by atoms with Crippen molar-refractivity contribution in [1.82, 2.24) is 10.8 Å². The molecule has 0 saturated carbocycles. The number of carbonyl (C=O) groups excluding carboxylic acids is 2. The number of halogens is 1. The molecule has 5 nitrogen and oxygen atoms in total. The highest BCUT2D eigenvalue weighted by atomic mass is 127. The summed E-state index contributed by atoms with van der Waals surface area (Å²) in [5.41, 5.74) is 4.20. The molecule has 0 unspecified atom stereocenters. The maximum Gasteiger partial charge on any atom is 0.266 e. The maximum atomic E-state index is 12.5. The molecule has 0 bridgehead atoms. The van der Waals surface area contributed by atoms with Crippen LogP contribution in [-0.4, -0.2) is 23.1 Å². The summed E-state index contributed by atoms with van der Waals surface area (Å²) in [6, 6.07) is 14.2. The van der Waals surface area contributed by atoms with Gasteiger partial charge in [-0.1, -0.05) is 37.6 Å². The van der Waals surface area contributed by atoms with Crippen molar-refractivity contribution in [2.45, 2.75) is 38.6 Å². The Labute approximate surface area is 167 Å².